The molecule has 0 saturated heterocycles. The van der Waals surface area contributed by atoms with Crippen LogP contribution in [0, 0.1) is 0 Å². The van der Waals surface area contributed by atoms with E-state index in [1.54, 1.807) is 5.01 Å². The summed E-state index contributed by atoms with van der Waals surface area (Å²) < 4.78 is 36.5. The number of benzene rings is 2. The minimum Gasteiger partial charge on any atom is -0.464 e. The fraction of sp³-hybridized carbons (Fsp3) is 0.400. The Kier molecular flexibility index (Phi) is 10.6. The molecule has 0 aliphatic carbocycles. The van der Waals surface area contributed by atoms with Crippen molar-refractivity contribution in [1.29, 1.82) is 0 Å². The Labute approximate surface area is 218 Å². The van der Waals surface area contributed by atoms with Gasteiger partial charge >= 0.3 is 22.2 Å². The molecule has 0 bridgehead atoms. The number of carbonyl (C=O) groups is 1. The number of hydrogen-bond donors (Lipinski definition) is 0. The van der Waals surface area contributed by atoms with Gasteiger partial charge in [-0.05, 0) is 50.2 Å². The maximum absolute atomic E-state index is 12.7. The lowest BCUT2D eigenvalue weighted by atomic mass is 10.2. The molecule has 0 atom stereocenters. The average molecular weight is 535 g/mol. The van der Waals surface area contributed by atoms with E-state index in [0.717, 1.165) is 49.7 Å². The van der Waals surface area contributed by atoms with Gasteiger partial charge in [-0.25, -0.2) is 13.9 Å². The number of aryl methyl sites for hydroxylation is 2. The van der Waals surface area contributed by atoms with E-state index in [-0.39, 0.29) is 5.71 Å². The molecule has 37 heavy (non-hydrogen) atoms. The molecule has 0 unspecified atom stereocenters. The zero-order chi connectivity index (χ0) is 27.8. The number of imidazole rings is 1. The van der Waals surface area contributed by atoms with Gasteiger partial charge in [0.25, 0.3) is 5.71 Å². The Bertz CT molecular complexity index is 1280. The Hall–Kier alpha value is -3.48. The first-order valence-electron chi connectivity index (χ1n) is 11.6. The maximum Gasteiger partial charge on any atom is 0.399 e. The van der Waals surface area contributed by atoms with Crippen LogP contribution >= 0.6 is 0 Å². The summed E-state index contributed by atoms with van der Waals surface area (Å²) >= 11 is 0. The van der Waals surface area contributed by atoms with Crippen LogP contribution in [0.4, 0.5) is 11.4 Å². The molecule has 0 fully saturated rings. The van der Waals surface area contributed by atoms with Gasteiger partial charge in [0, 0.05) is 25.8 Å². The molecule has 0 amide bonds. The van der Waals surface area contributed by atoms with Crippen molar-refractivity contribution in [2.45, 2.75) is 13.8 Å². The third-order valence-electron chi connectivity index (χ3n) is 5.84. The molecule has 1 heterocycles. The van der Waals surface area contributed by atoms with Crippen LogP contribution in [0.2, 0.25) is 0 Å². The highest BCUT2D eigenvalue weighted by molar-refractivity contribution is 7.81. The smallest absolute Gasteiger partial charge is 0.399 e. The molecule has 0 saturated carbocycles. The number of anilines is 2. The SMILES string of the molecule is CCN(CC)c1ccc(N(C)/N=C(\C(=O)OC)c2n(C)c3ccccc3[n+]2C)cc1.COS(=O)(=O)OC. The molecule has 202 valence electrons. The number of carbonyl (C=O) groups excluding carboxylic acids is 1. The summed E-state index contributed by atoms with van der Waals surface area (Å²) in [7, 11) is 5.45. The number of esters is 1. The van der Waals surface area contributed by atoms with Gasteiger partial charge in [0.1, 0.15) is 0 Å². The summed E-state index contributed by atoms with van der Waals surface area (Å²) in [5, 5.41) is 6.34. The molecule has 3 aromatic rings. The van der Waals surface area contributed by atoms with Gasteiger partial charge < -0.3 is 9.64 Å². The van der Waals surface area contributed by atoms with Gasteiger partial charge in [0.2, 0.25) is 0 Å². The predicted octanol–water partition coefficient (Wildman–Crippen LogP) is 2.39. The number of ether oxygens (including phenoxy) is 1. The monoisotopic (exact) mass is 534 g/mol. The van der Waals surface area contributed by atoms with E-state index in [1.165, 1.54) is 7.11 Å². The van der Waals surface area contributed by atoms with Crippen LogP contribution in [-0.2, 0) is 42.4 Å². The minimum absolute atomic E-state index is 0.244. The lowest BCUT2D eigenvalue weighted by Gasteiger charge is -2.22. The number of fused-ring (bicyclic) bond motifs is 1. The first kappa shape index (κ1) is 29.7. The quantitative estimate of drug-likeness (QED) is 0.178. The minimum atomic E-state index is -3.66. The lowest BCUT2D eigenvalue weighted by molar-refractivity contribution is -0.646. The standard InChI is InChI=1S/C23H30N5O2.C2H6O4S/c1-7-28(8-2)18-15-13-17(14-16-18)27(5)24-21(23(29)30-6)22-25(3)19-11-9-10-12-20(19)26(22)4;1-5-7(3,4)6-2/h9-16H,7-8H2,1-6H3;1-2H3/q+1;. The van der Waals surface area contributed by atoms with E-state index in [1.807, 2.05) is 66.7 Å². The molecule has 12 heteroatoms. The van der Waals surface area contributed by atoms with Gasteiger partial charge in [0.05, 0.1) is 41.1 Å². The fourth-order valence-electron chi connectivity index (χ4n) is 3.82. The van der Waals surface area contributed by atoms with Gasteiger partial charge in [-0.2, -0.15) is 13.5 Å². The topological polar surface area (TPSA) is 107 Å². The zero-order valence-corrected chi connectivity index (χ0v) is 23.4. The van der Waals surface area contributed by atoms with Gasteiger partial charge in [-0.1, -0.05) is 12.1 Å². The molecule has 0 radical (unpaired) electrons. The van der Waals surface area contributed by atoms with Crippen LogP contribution < -0.4 is 14.5 Å². The molecular weight excluding hydrogens is 498 g/mol. The van der Waals surface area contributed by atoms with E-state index < -0.39 is 16.4 Å². The Morgan fingerprint density at radius 2 is 1.51 bits per heavy atom. The van der Waals surface area contributed by atoms with Gasteiger partial charge in [0.15, 0.2) is 11.0 Å². The van der Waals surface area contributed by atoms with E-state index in [4.69, 9.17) is 4.74 Å². The number of rotatable bonds is 9. The third kappa shape index (κ3) is 7.06. The second kappa shape index (κ2) is 13.2. The summed E-state index contributed by atoms with van der Waals surface area (Å²) in [4.78, 5) is 14.9. The van der Waals surface area contributed by atoms with E-state index >= 15 is 0 Å². The number of hydrazone groups is 1. The Morgan fingerprint density at radius 3 is 1.97 bits per heavy atom. The second-order valence-electron chi connectivity index (χ2n) is 7.82. The molecule has 11 nitrogen and oxygen atoms in total. The predicted molar refractivity (Wildman–Crippen MR) is 144 cm³/mol. The molecule has 0 spiro atoms. The van der Waals surface area contributed by atoms with E-state index in [2.05, 4.69) is 44.3 Å². The molecular formula is C25H36N5O6S+. The van der Waals surface area contributed by atoms with Gasteiger partial charge in [-0.15, -0.1) is 0 Å². The normalized spacial score (nSPS) is 11.6. The average Bonchev–Trinajstić information content (AvgIpc) is 3.17. The van der Waals surface area contributed by atoms with Crippen molar-refractivity contribution in [2.24, 2.45) is 19.2 Å². The van der Waals surface area contributed by atoms with E-state index in [0.29, 0.717) is 5.82 Å². The number of aromatic nitrogens is 2. The molecule has 3 rings (SSSR count). The van der Waals surface area contributed by atoms with Gasteiger partial charge in [-0.3, -0.25) is 13.4 Å². The zero-order valence-electron chi connectivity index (χ0n) is 22.6. The highest BCUT2D eigenvalue weighted by atomic mass is 32.3. The van der Waals surface area contributed by atoms with Crippen LogP contribution in [0.25, 0.3) is 11.0 Å². The maximum atomic E-state index is 12.7. The second-order valence-corrected chi connectivity index (χ2v) is 9.31. The highest BCUT2D eigenvalue weighted by Crippen LogP contribution is 2.21. The third-order valence-corrected chi connectivity index (χ3v) is 6.66. The van der Waals surface area contributed by atoms with Crippen LogP contribution in [-0.4, -0.2) is 66.1 Å². The summed E-state index contributed by atoms with van der Waals surface area (Å²) in [6.45, 7) is 6.18. The molecule has 2 aromatic carbocycles. The van der Waals surface area contributed by atoms with Crippen LogP contribution in [0.5, 0.6) is 0 Å². The summed E-state index contributed by atoms with van der Waals surface area (Å²) in [5.41, 5.74) is 4.31. The first-order chi connectivity index (χ1) is 17.5. The van der Waals surface area contributed by atoms with Crippen molar-refractivity contribution in [3.05, 3.63) is 54.4 Å². The van der Waals surface area contributed by atoms with Crippen molar-refractivity contribution < 1.29 is 30.9 Å². The number of para-hydroxylation sites is 2. The first-order valence-corrected chi connectivity index (χ1v) is 12.9. The molecule has 0 aliphatic heterocycles. The van der Waals surface area contributed by atoms with Crippen LogP contribution in [0.1, 0.15) is 19.7 Å². The van der Waals surface area contributed by atoms with Crippen molar-refractivity contribution in [2.75, 3.05) is 51.4 Å². The summed E-state index contributed by atoms with van der Waals surface area (Å²) in [5.74, 6) is 0.192. The van der Waals surface area contributed by atoms with Crippen molar-refractivity contribution in [3.63, 3.8) is 0 Å². The number of hydrogen-bond acceptors (Lipinski definition) is 9. The molecule has 1 aromatic heterocycles. The molecule has 0 aliphatic rings. The Morgan fingerprint density at radius 1 is 0.973 bits per heavy atom. The lowest BCUT2D eigenvalue weighted by Crippen LogP contribution is -2.40. The summed E-state index contributed by atoms with van der Waals surface area (Å²) in [6, 6.07) is 16.1. The van der Waals surface area contributed by atoms with Crippen molar-refractivity contribution >= 4 is 44.5 Å². The van der Waals surface area contributed by atoms with Crippen molar-refractivity contribution in [1.82, 2.24) is 4.57 Å². The van der Waals surface area contributed by atoms with Crippen molar-refractivity contribution in [3.8, 4) is 0 Å². The fourth-order valence-corrected chi connectivity index (χ4v) is 3.96. The molecule has 0 N–H and O–H groups in total. The largest absolute Gasteiger partial charge is 0.464 e. The van der Waals surface area contributed by atoms with Crippen LogP contribution in [0.15, 0.2) is 53.6 Å². The summed E-state index contributed by atoms with van der Waals surface area (Å²) in [6.07, 6.45) is 0. The number of methoxy groups -OCH3 is 1. The number of nitrogens with zero attached hydrogens (tertiary/aromatic N) is 5. The van der Waals surface area contributed by atoms with Crippen LogP contribution in [0.3, 0.4) is 0 Å². The highest BCUT2D eigenvalue weighted by Gasteiger charge is 2.31. The van der Waals surface area contributed by atoms with E-state index in [9.17, 15) is 13.2 Å². The Balaban J connectivity index is 0.000000604.